The van der Waals surface area contributed by atoms with Crippen LogP contribution in [0.1, 0.15) is 23.0 Å². The molecule has 3 rings (SSSR count). The summed E-state index contributed by atoms with van der Waals surface area (Å²) in [6, 6.07) is 7.86. The van der Waals surface area contributed by atoms with Gasteiger partial charge in [-0.1, -0.05) is 12.1 Å². The molecule has 1 atom stereocenters. The van der Waals surface area contributed by atoms with Gasteiger partial charge in [-0.05, 0) is 26.0 Å². The van der Waals surface area contributed by atoms with Crippen LogP contribution in [0.3, 0.4) is 0 Å². The van der Waals surface area contributed by atoms with Crippen LogP contribution >= 0.6 is 0 Å². The molecule has 6 nitrogen and oxygen atoms in total. The lowest BCUT2D eigenvalue weighted by Crippen LogP contribution is -2.36. The van der Waals surface area contributed by atoms with E-state index < -0.39 is 0 Å². The van der Waals surface area contributed by atoms with E-state index in [1.165, 1.54) is 0 Å². The Morgan fingerprint density at radius 1 is 1.33 bits per heavy atom. The Balaban J connectivity index is 2.08. The lowest BCUT2D eigenvalue weighted by Gasteiger charge is -2.28. The third kappa shape index (κ3) is 2.12. The van der Waals surface area contributed by atoms with Crippen molar-refractivity contribution in [2.45, 2.75) is 19.9 Å². The lowest BCUT2D eigenvalue weighted by molar-refractivity contribution is 0.415. The number of aryl methyl sites for hydroxylation is 2. The van der Waals surface area contributed by atoms with E-state index in [4.69, 9.17) is 10.5 Å². The van der Waals surface area contributed by atoms with Gasteiger partial charge in [0, 0.05) is 11.3 Å². The van der Waals surface area contributed by atoms with E-state index >= 15 is 0 Å². The minimum atomic E-state index is 0.0417. The molecule has 0 saturated heterocycles. The molecule has 6 heteroatoms. The Morgan fingerprint density at radius 2 is 2.10 bits per heavy atom. The summed E-state index contributed by atoms with van der Waals surface area (Å²) in [5.41, 5.74) is 10.2. The second-order valence-corrected chi connectivity index (χ2v) is 5.10. The maximum absolute atomic E-state index is 6.12. The highest BCUT2D eigenvalue weighted by Crippen LogP contribution is 2.38. The van der Waals surface area contributed by atoms with Crippen LogP contribution in [0.2, 0.25) is 0 Å². The van der Waals surface area contributed by atoms with Gasteiger partial charge < -0.3 is 10.5 Å². The Hall–Kier alpha value is -2.50. The predicted molar refractivity (Wildman–Crippen MR) is 82.8 cm³/mol. The fourth-order valence-corrected chi connectivity index (χ4v) is 2.89. The Kier molecular flexibility index (Phi) is 3.29. The summed E-state index contributed by atoms with van der Waals surface area (Å²) in [5, 5.41) is 7.31. The van der Waals surface area contributed by atoms with Crippen LogP contribution in [-0.2, 0) is 0 Å². The number of rotatable bonds is 3. The topological polar surface area (TPSA) is 79.5 Å². The number of hydrogen-bond acceptors (Lipinski definition) is 5. The molecule has 110 valence electrons. The van der Waals surface area contributed by atoms with Gasteiger partial charge in [0.25, 0.3) is 0 Å². The number of nitrogens with zero attached hydrogens (tertiary/aromatic N) is 3. The van der Waals surface area contributed by atoms with Crippen molar-refractivity contribution < 1.29 is 4.74 Å². The highest BCUT2D eigenvalue weighted by atomic mass is 16.5. The zero-order valence-electron chi connectivity index (χ0n) is 12.4. The number of nitrogens with two attached hydrogens (primary N) is 1. The fraction of sp³-hybridized carbons (Fsp3) is 0.333. The SMILES string of the molecule is COc1ccccc1N1C(N)=NCC1c1c(C)n[nH]c1C. The maximum atomic E-state index is 6.12. The molecule has 1 aliphatic rings. The van der Waals surface area contributed by atoms with Gasteiger partial charge in [0.15, 0.2) is 5.96 Å². The van der Waals surface area contributed by atoms with Gasteiger partial charge >= 0.3 is 0 Å². The third-order valence-electron chi connectivity index (χ3n) is 3.85. The highest BCUT2D eigenvalue weighted by Gasteiger charge is 2.33. The number of aliphatic imine (C=N–C) groups is 1. The second kappa shape index (κ2) is 5.12. The van der Waals surface area contributed by atoms with Crippen molar-refractivity contribution in [2.24, 2.45) is 10.7 Å². The van der Waals surface area contributed by atoms with Gasteiger partial charge in [0.2, 0.25) is 0 Å². The molecular formula is C15H19N5O. The Bertz CT molecular complexity index is 672. The summed E-state index contributed by atoms with van der Waals surface area (Å²) < 4.78 is 5.46. The highest BCUT2D eigenvalue weighted by molar-refractivity contribution is 5.98. The molecule has 0 radical (unpaired) electrons. The first-order chi connectivity index (χ1) is 10.1. The minimum absolute atomic E-state index is 0.0417. The van der Waals surface area contributed by atoms with Crippen molar-refractivity contribution in [1.82, 2.24) is 10.2 Å². The van der Waals surface area contributed by atoms with Gasteiger partial charge in [-0.25, -0.2) is 0 Å². The number of guanidine groups is 1. The lowest BCUT2D eigenvalue weighted by atomic mass is 10.0. The van der Waals surface area contributed by atoms with Crippen molar-refractivity contribution in [2.75, 3.05) is 18.6 Å². The smallest absolute Gasteiger partial charge is 0.196 e. The van der Waals surface area contributed by atoms with Gasteiger partial charge in [-0.2, -0.15) is 5.10 Å². The number of benzene rings is 1. The van der Waals surface area contributed by atoms with Crippen molar-refractivity contribution in [3.63, 3.8) is 0 Å². The summed E-state index contributed by atoms with van der Waals surface area (Å²) in [7, 11) is 1.66. The molecule has 0 saturated carbocycles. The number of H-pyrrole nitrogens is 1. The molecule has 1 unspecified atom stereocenters. The fourth-order valence-electron chi connectivity index (χ4n) is 2.89. The van der Waals surface area contributed by atoms with E-state index in [0.29, 0.717) is 12.5 Å². The molecule has 0 bridgehead atoms. The molecule has 0 fully saturated rings. The molecular weight excluding hydrogens is 266 g/mol. The standard InChI is InChI=1S/C15H19N5O/c1-9-14(10(2)19-18-9)12-8-17-15(16)20(12)11-6-4-5-7-13(11)21-3/h4-7,12H,8H2,1-3H3,(H2,16,17)(H,18,19). The molecule has 3 N–H and O–H groups in total. The number of ether oxygens (including phenoxy) is 1. The van der Waals surface area contributed by atoms with Crippen LogP contribution in [0.15, 0.2) is 29.3 Å². The molecule has 1 aromatic heterocycles. The first kappa shape index (κ1) is 13.5. The van der Waals surface area contributed by atoms with Crippen LogP contribution in [0.5, 0.6) is 5.75 Å². The van der Waals surface area contributed by atoms with E-state index in [9.17, 15) is 0 Å². The monoisotopic (exact) mass is 285 g/mol. The number of anilines is 1. The van der Waals surface area contributed by atoms with E-state index in [-0.39, 0.29) is 6.04 Å². The van der Waals surface area contributed by atoms with Crippen LogP contribution in [0.25, 0.3) is 0 Å². The average molecular weight is 285 g/mol. The molecule has 21 heavy (non-hydrogen) atoms. The molecule has 1 aliphatic heterocycles. The molecule has 2 heterocycles. The van der Waals surface area contributed by atoms with E-state index in [1.54, 1.807) is 7.11 Å². The third-order valence-corrected chi connectivity index (χ3v) is 3.85. The summed E-state index contributed by atoms with van der Waals surface area (Å²) in [6.07, 6.45) is 0. The average Bonchev–Trinajstić information content (AvgIpc) is 3.01. The maximum Gasteiger partial charge on any atom is 0.196 e. The van der Waals surface area contributed by atoms with Crippen LogP contribution in [0, 0.1) is 13.8 Å². The van der Waals surface area contributed by atoms with Crippen molar-refractivity contribution in [1.29, 1.82) is 0 Å². The summed E-state index contributed by atoms with van der Waals surface area (Å²) in [6.45, 7) is 4.63. The van der Waals surface area contributed by atoms with E-state index in [2.05, 4.69) is 15.2 Å². The predicted octanol–water partition coefficient (Wildman–Crippen LogP) is 1.91. The van der Waals surface area contributed by atoms with Crippen LogP contribution in [0.4, 0.5) is 5.69 Å². The van der Waals surface area contributed by atoms with Crippen LogP contribution < -0.4 is 15.4 Å². The zero-order valence-corrected chi connectivity index (χ0v) is 12.4. The van der Waals surface area contributed by atoms with Crippen molar-refractivity contribution >= 4 is 11.6 Å². The first-order valence-corrected chi connectivity index (χ1v) is 6.87. The van der Waals surface area contributed by atoms with Gasteiger partial charge in [0.1, 0.15) is 5.75 Å². The number of aromatic amines is 1. The number of nitrogens with one attached hydrogen (secondary N) is 1. The summed E-state index contributed by atoms with van der Waals surface area (Å²) >= 11 is 0. The number of aromatic nitrogens is 2. The number of methoxy groups -OCH3 is 1. The number of hydrogen-bond donors (Lipinski definition) is 2. The summed E-state index contributed by atoms with van der Waals surface area (Å²) in [5.74, 6) is 1.28. The Labute approximate surface area is 123 Å². The van der Waals surface area contributed by atoms with Crippen LogP contribution in [-0.4, -0.2) is 29.8 Å². The Morgan fingerprint density at radius 3 is 2.76 bits per heavy atom. The molecule has 2 aromatic rings. The number of para-hydroxylation sites is 2. The molecule has 0 aliphatic carbocycles. The van der Waals surface area contributed by atoms with E-state index in [0.717, 1.165) is 28.4 Å². The van der Waals surface area contributed by atoms with E-state index in [1.807, 2.05) is 43.0 Å². The van der Waals surface area contributed by atoms with Gasteiger partial charge in [-0.15, -0.1) is 0 Å². The second-order valence-electron chi connectivity index (χ2n) is 5.10. The largest absolute Gasteiger partial charge is 0.495 e. The van der Waals surface area contributed by atoms with Crippen molar-refractivity contribution in [3.8, 4) is 5.75 Å². The zero-order chi connectivity index (χ0) is 15.0. The molecule has 0 amide bonds. The summed E-state index contributed by atoms with van der Waals surface area (Å²) in [4.78, 5) is 6.43. The van der Waals surface area contributed by atoms with Gasteiger partial charge in [-0.3, -0.25) is 15.0 Å². The minimum Gasteiger partial charge on any atom is -0.495 e. The quantitative estimate of drug-likeness (QED) is 0.903. The first-order valence-electron chi connectivity index (χ1n) is 6.87. The molecule has 1 aromatic carbocycles. The molecule has 0 spiro atoms. The van der Waals surface area contributed by atoms with Crippen molar-refractivity contribution in [3.05, 3.63) is 41.2 Å². The normalized spacial score (nSPS) is 18.0. The van der Waals surface area contributed by atoms with Gasteiger partial charge in [0.05, 0.1) is 31.1 Å².